The molecule has 0 amide bonds. The third-order valence-electron chi connectivity index (χ3n) is 4.50. The Labute approximate surface area is 132 Å². The van der Waals surface area contributed by atoms with Crippen molar-refractivity contribution >= 4 is 11.6 Å². The van der Waals surface area contributed by atoms with Gasteiger partial charge in [-0.05, 0) is 31.2 Å². The van der Waals surface area contributed by atoms with Crippen molar-refractivity contribution in [1.29, 1.82) is 0 Å². The number of piperazine rings is 1. The van der Waals surface area contributed by atoms with E-state index in [4.69, 9.17) is 22.1 Å². The molecule has 1 fully saturated rings. The van der Waals surface area contributed by atoms with Crippen LogP contribution in [0.4, 0.5) is 0 Å². The molecule has 2 unspecified atom stereocenters. The first kappa shape index (κ1) is 16.6. The minimum absolute atomic E-state index is 0.219. The zero-order chi connectivity index (χ0) is 15.4. The van der Waals surface area contributed by atoms with Crippen LogP contribution in [-0.4, -0.2) is 56.2 Å². The second-order valence-corrected chi connectivity index (χ2v) is 6.09. The number of hydrogen-bond donors (Lipinski definition) is 1. The van der Waals surface area contributed by atoms with Gasteiger partial charge in [0.2, 0.25) is 0 Å². The fourth-order valence-corrected chi connectivity index (χ4v) is 3.35. The van der Waals surface area contributed by atoms with Crippen LogP contribution in [0.25, 0.3) is 0 Å². The number of ether oxygens (including phenoxy) is 1. The number of likely N-dealkylation sites (N-methyl/N-ethyl adjacent to an activating group) is 1. The number of hydrogen-bond acceptors (Lipinski definition) is 4. The van der Waals surface area contributed by atoms with E-state index < -0.39 is 0 Å². The number of nitrogens with zero attached hydrogens (tertiary/aromatic N) is 2. The summed E-state index contributed by atoms with van der Waals surface area (Å²) in [6.45, 7) is 6.02. The van der Waals surface area contributed by atoms with Crippen LogP contribution in [0.2, 0.25) is 5.02 Å². The van der Waals surface area contributed by atoms with Gasteiger partial charge in [-0.15, -0.1) is 0 Å². The maximum Gasteiger partial charge on any atom is 0.137 e. The van der Waals surface area contributed by atoms with Gasteiger partial charge < -0.3 is 15.4 Å². The van der Waals surface area contributed by atoms with Gasteiger partial charge in [0.25, 0.3) is 0 Å². The number of methoxy groups -OCH3 is 1. The summed E-state index contributed by atoms with van der Waals surface area (Å²) in [5.74, 6) is 0.709. The third-order valence-corrected chi connectivity index (χ3v) is 4.80. The average Bonchev–Trinajstić information content (AvgIpc) is 2.49. The standard InChI is InChI=1S/C16H26ClN3O/c1-4-13-11-20(8-7-19(13)2)15(10-18)12-5-6-16(21-3)14(17)9-12/h5-6,9,13,15H,4,7-8,10-11,18H2,1-3H3. The van der Waals surface area contributed by atoms with Crippen molar-refractivity contribution in [3.63, 3.8) is 0 Å². The lowest BCUT2D eigenvalue weighted by atomic mass is 10.0. The van der Waals surface area contributed by atoms with Gasteiger partial charge in [-0.3, -0.25) is 4.90 Å². The van der Waals surface area contributed by atoms with Gasteiger partial charge in [-0.25, -0.2) is 0 Å². The Bertz CT molecular complexity index is 469. The molecular formula is C16H26ClN3O. The second-order valence-electron chi connectivity index (χ2n) is 5.68. The lowest BCUT2D eigenvalue weighted by molar-refractivity contribution is 0.0644. The molecule has 1 aliphatic heterocycles. The Morgan fingerprint density at radius 1 is 1.43 bits per heavy atom. The Balaban J connectivity index is 2.17. The molecule has 1 aromatic carbocycles. The predicted octanol–water partition coefficient (Wildman–Crippen LogP) is 2.37. The molecule has 0 aromatic heterocycles. The van der Waals surface area contributed by atoms with Gasteiger partial charge in [-0.1, -0.05) is 24.6 Å². The Morgan fingerprint density at radius 3 is 2.76 bits per heavy atom. The van der Waals surface area contributed by atoms with Crippen LogP contribution in [0, 0.1) is 0 Å². The molecule has 1 heterocycles. The summed E-state index contributed by atoms with van der Waals surface area (Å²) in [4.78, 5) is 4.91. The molecule has 4 nitrogen and oxygen atoms in total. The van der Waals surface area contributed by atoms with Gasteiger partial charge in [0, 0.05) is 38.3 Å². The van der Waals surface area contributed by atoms with Gasteiger partial charge >= 0.3 is 0 Å². The first-order valence-corrected chi connectivity index (χ1v) is 7.96. The highest BCUT2D eigenvalue weighted by Crippen LogP contribution is 2.30. The summed E-state index contributed by atoms with van der Waals surface area (Å²) in [6.07, 6.45) is 1.16. The van der Waals surface area contributed by atoms with E-state index in [9.17, 15) is 0 Å². The van der Waals surface area contributed by atoms with Crippen LogP contribution in [0.15, 0.2) is 18.2 Å². The zero-order valence-corrected chi connectivity index (χ0v) is 13.9. The molecule has 2 atom stereocenters. The molecule has 0 radical (unpaired) electrons. The van der Waals surface area contributed by atoms with E-state index >= 15 is 0 Å². The fraction of sp³-hybridized carbons (Fsp3) is 0.625. The zero-order valence-electron chi connectivity index (χ0n) is 13.2. The van der Waals surface area contributed by atoms with Crippen molar-refractivity contribution in [3.8, 4) is 5.75 Å². The smallest absolute Gasteiger partial charge is 0.137 e. The molecule has 0 bridgehead atoms. The summed E-state index contributed by atoms with van der Waals surface area (Å²) in [6, 6.07) is 6.80. The Kier molecular flexibility index (Phi) is 5.88. The summed E-state index contributed by atoms with van der Waals surface area (Å²) in [7, 11) is 3.83. The van der Waals surface area contributed by atoms with Crippen LogP contribution in [0.3, 0.4) is 0 Å². The van der Waals surface area contributed by atoms with E-state index in [1.165, 1.54) is 5.56 Å². The average molecular weight is 312 g/mol. The quantitative estimate of drug-likeness (QED) is 0.906. The number of halogens is 1. The second kappa shape index (κ2) is 7.45. The van der Waals surface area contributed by atoms with Gasteiger partial charge in [-0.2, -0.15) is 0 Å². The van der Waals surface area contributed by atoms with Crippen LogP contribution >= 0.6 is 11.6 Å². The van der Waals surface area contributed by atoms with Gasteiger partial charge in [0.05, 0.1) is 12.1 Å². The van der Waals surface area contributed by atoms with Crippen molar-refractivity contribution in [2.45, 2.75) is 25.4 Å². The van der Waals surface area contributed by atoms with Crippen LogP contribution in [0.1, 0.15) is 24.9 Å². The van der Waals surface area contributed by atoms with Gasteiger partial charge in [0.15, 0.2) is 0 Å². The summed E-state index contributed by atoms with van der Waals surface area (Å²) < 4.78 is 5.22. The van der Waals surface area contributed by atoms with E-state index in [-0.39, 0.29) is 6.04 Å². The minimum Gasteiger partial charge on any atom is -0.495 e. The van der Waals surface area contributed by atoms with Crippen molar-refractivity contribution in [1.82, 2.24) is 9.80 Å². The molecule has 2 rings (SSSR count). The Morgan fingerprint density at radius 2 is 2.19 bits per heavy atom. The maximum absolute atomic E-state index is 6.26. The Hall–Kier alpha value is -0.810. The van der Waals surface area contributed by atoms with Crippen LogP contribution < -0.4 is 10.5 Å². The van der Waals surface area contributed by atoms with E-state index in [1.54, 1.807) is 7.11 Å². The lowest BCUT2D eigenvalue weighted by Crippen LogP contribution is -2.53. The SMILES string of the molecule is CCC1CN(C(CN)c2ccc(OC)c(Cl)c2)CCN1C. The van der Waals surface area contributed by atoms with Crippen LogP contribution in [0.5, 0.6) is 5.75 Å². The number of nitrogens with two attached hydrogens (primary N) is 1. The van der Waals surface area contributed by atoms with E-state index in [1.807, 2.05) is 12.1 Å². The van der Waals surface area contributed by atoms with Crippen molar-refractivity contribution in [2.75, 3.05) is 40.3 Å². The predicted molar refractivity (Wildman–Crippen MR) is 88.1 cm³/mol. The molecule has 1 aromatic rings. The molecule has 0 aliphatic carbocycles. The molecule has 21 heavy (non-hydrogen) atoms. The van der Waals surface area contributed by atoms with Crippen molar-refractivity contribution in [2.24, 2.45) is 5.73 Å². The first-order valence-electron chi connectivity index (χ1n) is 7.58. The molecular weight excluding hydrogens is 286 g/mol. The van der Waals surface area contributed by atoms with Crippen LogP contribution in [-0.2, 0) is 0 Å². The third kappa shape index (κ3) is 3.69. The molecule has 118 valence electrons. The summed E-state index contributed by atoms with van der Waals surface area (Å²) in [5, 5.41) is 0.648. The molecule has 0 saturated carbocycles. The van der Waals surface area contributed by atoms with Crippen molar-refractivity contribution < 1.29 is 4.74 Å². The monoisotopic (exact) mass is 311 g/mol. The molecule has 0 spiro atoms. The topological polar surface area (TPSA) is 41.7 Å². The van der Waals surface area contributed by atoms with E-state index in [0.29, 0.717) is 23.4 Å². The van der Waals surface area contributed by atoms with E-state index in [0.717, 1.165) is 26.1 Å². The van der Waals surface area contributed by atoms with E-state index in [2.05, 4.69) is 29.8 Å². The van der Waals surface area contributed by atoms with Crippen molar-refractivity contribution in [3.05, 3.63) is 28.8 Å². The molecule has 2 N–H and O–H groups in total. The largest absolute Gasteiger partial charge is 0.495 e. The molecule has 1 saturated heterocycles. The summed E-state index contributed by atoms with van der Waals surface area (Å²) >= 11 is 6.26. The maximum atomic E-state index is 6.26. The highest BCUT2D eigenvalue weighted by Gasteiger charge is 2.28. The molecule has 1 aliphatic rings. The normalized spacial score (nSPS) is 22.2. The fourth-order valence-electron chi connectivity index (χ4n) is 3.08. The first-order chi connectivity index (χ1) is 10.1. The van der Waals surface area contributed by atoms with Gasteiger partial charge in [0.1, 0.15) is 5.75 Å². The minimum atomic E-state index is 0.219. The highest BCUT2D eigenvalue weighted by atomic mass is 35.5. The highest BCUT2D eigenvalue weighted by molar-refractivity contribution is 6.32. The number of rotatable bonds is 5. The lowest BCUT2D eigenvalue weighted by Gasteiger charge is -2.42. The summed E-state index contributed by atoms with van der Waals surface area (Å²) in [5.41, 5.74) is 7.22. The number of benzene rings is 1. The molecule has 5 heteroatoms.